The van der Waals surface area contributed by atoms with Crippen molar-refractivity contribution in [2.45, 2.75) is 44.2 Å². The fraction of sp³-hybridized carbons (Fsp3) is 0.474. The number of fused-ring (bicyclic) bond motifs is 1. The van der Waals surface area contributed by atoms with Crippen molar-refractivity contribution in [3.63, 3.8) is 0 Å². The van der Waals surface area contributed by atoms with Crippen LogP contribution in [0.4, 0.5) is 0 Å². The van der Waals surface area contributed by atoms with Gasteiger partial charge in [0.1, 0.15) is 11.1 Å². The molecule has 1 aromatic carbocycles. The molecule has 4 heterocycles. The molecule has 4 heteroatoms. The third-order valence-electron chi connectivity index (χ3n) is 5.37. The van der Waals surface area contributed by atoms with Gasteiger partial charge in [-0.1, -0.05) is 44.2 Å². The number of hydrogen-bond acceptors (Lipinski definition) is 2. The molecule has 5 rings (SSSR count). The lowest BCUT2D eigenvalue weighted by Crippen LogP contribution is -2.77. The van der Waals surface area contributed by atoms with Crippen LogP contribution in [0.2, 0.25) is 0 Å². The Bertz CT molecular complexity index is 709. The fourth-order valence-electron chi connectivity index (χ4n) is 4.58. The molecule has 0 aromatic heterocycles. The van der Waals surface area contributed by atoms with Crippen LogP contribution in [-0.4, -0.2) is 34.3 Å². The van der Waals surface area contributed by atoms with E-state index < -0.39 is 11.1 Å². The van der Waals surface area contributed by atoms with Crippen LogP contribution in [0.3, 0.4) is 0 Å². The highest BCUT2D eigenvalue weighted by atomic mass is 16.2. The summed E-state index contributed by atoms with van der Waals surface area (Å²) < 4.78 is 0. The molecule has 0 radical (unpaired) electrons. The van der Waals surface area contributed by atoms with Crippen molar-refractivity contribution in [2.75, 3.05) is 6.54 Å². The van der Waals surface area contributed by atoms with Gasteiger partial charge in [-0.3, -0.25) is 9.59 Å². The summed E-state index contributed by atoms with van der Waals surface area (Å²) in [5, 5.41) is 3.07. The van der Waals surface area contributed by atoms with E-state index in [2.05, 4.69) is 19.2 Å². The molecule has 120 valence electrons. The second-order valence-corrected chi connectivity index (χ2v) is 7.37. The molecule has 23 heavy (non-hydrogen) atoms. The molecule has 2 saturated heterocycles. The zero-order valence-electron chi connectivity index (χ0n) is 13.6. The molecule has 2 atom stereocenters. The van der Waals surface area contributed by atoms with Gasteiger partial charge >= 0.3 is 0 Å². The van der Waals surface area contributed by atoms with Gasteiger partial charge < -0.3 is 10.2 Å². The summed E-state index contributed by atoms with van der Waals surface area (Å²) in [4.78, 5) is 28.0. The van der Waals surface area contributed by atoms with Gasteiger partial charge in [-0.2, -0.15) is 0 Å². The first-order chi connectivity index (χ1) is 11.0. The minimum absolute atomic E-state index is 0.00315. The van der Waals surface area contributed by atoms with Crippen LogP contribution in [0.5, 0.6) is 0 Å². The van der Waals surface area contributed by atoms with E-state index in [9.17, 15) is 9.59 Å². The maximum Gasteiger partial charge on any atom is 0.253 e. The van der Waals surface area contributed by atoms with Crippen LogP contribution in [0.1, 0.15) is 38.7 Å². The first-order valence-corrected chi connectivity index (χ1v) is 8.43. The Kier molecular flexibility index (Phi) is 2.96. The van der Waals surface area contributed by atoms with Crippen molar-refractivity contribution in [3.8, 4) is 0 Å². The predicted molar refractivity (Wildman–Crippen MR) is 88.4 cm³/mol. The summed E-state index contributed by atoms with van der Waals surface area (Å²) in [5.74, 6) is 0.389. The van der Waals surface area contributed by atoms with E-state index in [4.69, 9.17) is 0 Å². The van der Waals surface area contributed by atoms with Gasteiger partial charge in [-0.05, 0) is 42.4 Å². The van der Waals surface area contributed by atoms with E-state index >= 15 is 0 Å². The third-order valence-corrected chi connectivity index (χ3v) is 5.37. The molecule has 1 aromatic rings. The predicted octanol–water partition coefficient (Wildman–Crippen LogP) is 2.36. The van der Waals surface area contributed by atoms with Crippen LogP contribution in [-0.2, 0) is 9.59 Å². The van der Waals surface area contributed by atoms with Gasteiger partial charge in [-0.15, -0.1) is 0 Å². The quantitative estimate of drug-likeness (QED) is 0.932. The second kappa shape index (κ2) is 4.70. The van der Waals surface area contributed by atoms with Crippen LogP contribution >= 0.6 is 0 Å². The Morgan fingerprint density at radius 1 is 1.22 bits per heavy atom. The van der Waals surface area contributed by atoms with Crippen LogP contribution < -0.4 is 5.32 Å². The molecule has 4 aliphatic rings. The highest BCUT2D eigenvalue weighted by Crippen LogP contribution is 2.51. The number of nitrogens with one attached hydrogen (secondary N) is 1. The molecule has 0 aliphatic carbocycles. The second-order valence-electron chi connectivity index (χ2n) is 7.37. The van der Waals surface area contributed by atoms with Crippen LogP contribution in [0.25, 0.3) is 5.57 Å². The number of carbonyl (C=O) groups excluding carboxylic acids is 2. The first-order valence-electron chi connectivity index (χ1n) is 8.43. The highest BCUT2D eigenvalue weighted by molar-refractivity contribution is 6.15. The summed E-state index contributed by atoms with van der Waals surface area (Å²) >= 11 is 0. The Morgan fingerprint density at radius 2 is 1.96 bits per heavy atom. The summed E-state index contributed by atoms with van der Waals surface area (Å²) in [6.45, 7) is 4.85. The lowest BCUT2D eigenvalue weighted by atomic mass is 9.68. The van der Waals surface area contributed by atoms with Crippen molar-refractivity contribution in [1.82, 2.24) is 10.2 Å². The van der Waals surface area contributed by atoms with Crippen molar-refractivity contribution in [1.29, 1.82) is 0 Å². The molecule has 4 aliphatic heterocycles. The van der Waals surface area contributed by atoms with E-state index in [1.165, 1.54) is 0 Å². The maximum absolute atomic E-state index is 13.1. The van der Waals surface area contributed by atoms with E-state index in [1.807, 2.05) is 41.3 Å². The monoisotopic (exact) mass is 310 g/mol. The van der Waals surface area contributed by atoms with Crippen molar-refractivity contribution < 1.29 is 9.59 Å². The number of carbonyl (C=O) groups is 2. The summed E-state index contributed by atoms with van der Waals surface area (Å²) in [6, 6.07) is 10.0. The molecule has 4 nitrogen and oxygen atoms in total. The van der Waals surface area contributed by atoms with Crippen molar-refractivity contribution in [3.05, 3.63) is 42.0 Å². The lowest BCUT2D eigenvalue weighted by molar-refractivity contribution is -0.156. The number of rotatable bonds is 3. The van der Waals surface area contributed by atoms with Gasteiger partial charge in [0, 0.05) is 6.54 Å². The van der Waals surface area contributed by atoms with Gasteiger partial charge in [-0.25, -0.2) is 0 Å². The zero-order valence-corrected chi connectivity index (χ0v) is 13.6. The molecule has 1 N–H and O–H groups in total. The molecule has 1 spiro atoms. The van der Waals surface area contributed by atoms with Crippen LogP contribution in [0, 0.1) is 5.92 Å². The first kappa shape index (κ1) is 14.5. The van der Waals surface area contributed by atoms with Gasteiger partial charge in [0.25, 0.3) is 11.8 Å². The number of hydrogen-bond donors (Lipinski definition) is 1. The summed E-state index contributed by atoms with van der Waals surface area (Å²) in [5.41, 5.74) is 0.397. The third kappa shape index (κ3) is 1.78. The fourth-order valence-corrected chi connectivity index (χ4v) is 4.58. The van der Waals surface area contributed by atoms with Crippen molar-refractivity contribution in [2.24, 2.45) is 5.92 Å². The van der Waals surface area contributed by atoms with Gasteiger partial charge in [0.2, 0.25) is 0 Å². The number of piperazine rings is 1. The molecule has 0 unspecified atom stereocenters. The molecular weight excluding hydrogens is 288 g/mol. The molecule has 2 bridgehead atoms. The Morgan fingerprint density at radius 3 is 2.65 bits per heavy atom. The molecule has 2 fully saturated rings. The largest absolute Gasteiger partial charge is 0.336 e. The number of amides is 2. The standard InChI is InChI=1S/C19H22N2O2/c1-13(2)11-18-12-15(14-7-4-3-5-8-14)19(16(22)20-18)9-6-10-21(19)17(18)23/h3-5,7-8,12-13H,6,9-11H2,1-2H3,(H,20,22)/t18-,19-/m0/s1. The molecule has 2 amide bonds. The van der Waals surface area contributed by atoms with E-state index in [-0.39, 0.29) is 11.8 Å². The summed E-state index contributed by atoms with van der Waals surface area (Å²) in [6.07, 6.45) is 4.28. The zero-order chi connectivity index (χ0) is 16.2. The minimum atomic E-state index is -0.873. The minimum Gasteiger partial charge on any atom is -0.336 e. The maximum atomic E-state index is 13.1. The highest BCUT2D eigenvalue weighted by Gasteiger charge is 2.65. The topological polar surface area (TPSA) is 49.4 Å². The van der Waals surface area contributed by atoms with E-state index in [1.54, 1.807) is 0 Å². The van der Waals surface area contributed by atoms with Gasteiger partial charge in [0.05, 0.1) is 0 Å². The SMILES string of the molecule is CC(C)C[C@]12C=C(c3ccccc3)[C@@]3(CCCN3C1=O)C(=O)N2. The average Bonchev–Trinajstić information content (AvgIpc) is 2.96. The summed E-state index contributed by atoms with van der Waals surface area (Å²) in [7, 11) is 0. The smallest absolute Gasteiger partial charge is 0.253 e. The lowest BCUT2D eigenvalue weighted by Gasteiger charge is -2.55. The average molecular weight is 310 g/mol. The Labute approximate surface area is 136 Å². The van der Waals surface area contributed by atoms with Gasteiger partial charge in [0.15, 0.2) is 0 Å². The molecular formula is C19H22N2O2. The number of nitrogens with zero attached hydrogens (tertiary/aromatic N) is 1. The Balaban J connectivity index is 1.95. The number of benzene rings is 1. The normalized spacial score (nSPS) is 32.1. The Hall–Kier alpha value is -2.10. The van der Waals surface area contributed by atoms with Crippen LogP contribution in [0.15, 0.2) is 36.4 Å². The van der Waals surface area contributed by atoms with E-state index in [0.29, 0.717) is 25.3 Å². The van der Waals surface area contributed by atoms with Crippen molar-refractivity contribution >= 4 is 17.4 Å². The molecule has 0 saturated carbocycles. The van der Waals surface area contributed by atoms with E-state index in [0.717, 1.165) is 17.6 Å².